The van der Waals surface area contributed by atoms with Crippen molar-refractivity contribution in [2.75, 3.05) is 7.11 Å². The van der Waals surface area contributed by atoms with E-state index in [1.807, 2.05) is 80.5 Å². The number of aliphatic imine (C=N–C) groups is 1. The fraction of sp³-hybridized carbons (Fsp3) is 0.459. The molecule has 242 valence electrons. The summed E-state index contributed by atoms with van der Waals surface area (Å²) in [6.07, 6.45) is 7.65. The molecule has 0 heterocycles. The van der Waals surface area contributed by atoms with E-state index in [1.54, 1.807) is 38.3 Å². The van der Waals surface area contributed by atoms with Crippen molar-refractivity contribution in [2.45, 2.75) is 109 Å². The number of benzene rings is 2. The molecule has 0 aliphatic rings. The molecule has 0 fully saturated rings. The second-order valence-corrected chi connectivity index (χ2v) is 9.03. The maximum absolute atomic E-state index is 13.4. The van der Waals surface area contributed by atoms with E-state index in [9.17, 15) is 14.3 Å². The summed E-state index contributed by atoms with van der Waals surface area (Å²) < 4.78 is 18.5. The summed E-state index contributed by atoms with van der Waals surface area (Å²) in [7, 11) is 1.60. The molecule has 1 unspecified atom stereocenters. The lowest BCUT2D eigenvalue weighted by molar-refractivity contribution is -0.113. The Morgan fingerprint density at radius 3 is 2.00 bits per heavy atom. The number of allylic oxidation sites excluding steroid dienone is 6. The number of Topliss-reactive ketones (excluding diaryl/α,β-unsaturated/α-hetero) is 1. The Kier molecular flexibility index (Phi) is 26.5. The van der Waals surface area contributed by atoms with Crippen molar-refractivity contribution in [3.8, 4) is 11.5 Å². The molecule has 43 heavy (non-hydrogen) atoms. The molecule has 0 spiro atoms. The first-order valence-corrected chi connectivity index (χ1v) is 15.4. The van der Waals surface area contributed by atoms with Gasteiger partial charge in [0.25, 0.3) is 0 Å². The number of aromatic hydroxyl groups is 2. The Bertz CT molecular complexity index is 1190. The molecule has 2 rings (SSSR count). The van der Waals surface area contributed by atoms with E-state index >= 15 is 0 Å². The van der Waals surface area contributed by atoms with Gasteiger partial charge in [-0.1, -0.05) is 80.0 Å². The van der Waals surface area contributed by atoms with Crippen molar-refractivity contribution in [3.05, 3.63) is 88.6 Å². The third-order valence-electron chi connectivity index (χ3n) is 5.85. The Balaban J connectivity index is -0.000000708. The average Bonchev–Trinajstić information content (AvgIpc) is 3.01. The molecule has 0 saturated carbocycles. The Hall–Kier alpha value is -3.67. The monoisotopic (exact) mass is 599 g/mol. The first kappa shape index (κ1) is 43.8. The maximum atomic E-state index is 13.4. The lowest BCUT2D eigenvalue weighted by Gasteiger charge is -2.10. The fourth-order valence-electron chi connectivity index (χ4n) is 3.49. The van der Waals surface area contributed by atoms with Crippen molar-refractivity contribution < 1.29 is 24.1 Å². The molecule has 2 aromatic rings. The summed E-state index contributed by atoms with van der Waals surface area (Å²) in [4.78, 5) is 16.4. The standard InChI is InChI=1S/C20H24FNO2.C11H16O2.3C2H6/c1-13-12-18(10-11-19(13)21)16(4)20(17(5)23)22-14(2)8-7-9-15(3)24-6;1-3-4-8(2)9-5-6-10(12)11(13)7-9;3*1-2/h7-12H,1-6H3;5-8,12-13H,3-4H2,1-2H3;3*1-2H3/b8-7-,15-9+,20-16+,22-14+;;;;. The topological polar surface area (TPSA) is 79.1 Å². The fourth-order valence-corrected chi connectivity index (χ4v) is 3.49. The van der Waals surface area contributed by atoms with Crippen LogP contribution in [0.1, 0.15) is 119 Å². The average molecular weight is 600 g/mol. The molecule has 0 aliphatic carbocycles. The SMILES string of the molecule is CC.CC.CC.CCCC(C)c1ccc(O)c(O)c1.CO/C(C)=C/C=C\C(C)=N\C(C(C)=O)=C(/C)c1ccc(F)c(C)c1. The van der Waals surface area contributed by atoms with Crippen molar-refractivity contribution >= 4 is 17.1 Å². The van der Waals surface area contributed by atoms with Crippen LogP contribution in [0.5, 0.6) is 11.5 Å². The molecule has 5 nitrogen and oxygen atoms in total. The van der Waals surface area contributed by atoms with Gasteiger partial charge >= 0.3 is 0 Å². The lowest BCUT2D eigenvalue weighted by atomic mass is 9.96. The van der Waals surface area contributed by atoms with E-state index in [0.29, 0.717) is 22.9 Å². The van der Waals surface area contributed by atoms with Crippen LogP contribution in [-0.2, 0) is 9.53 Å². The van der Waals surface area contributed by atoms with Gasteiger partial charge in [0.2, 0.25) is 0 Å². The van der Waals surface area contributed by atoms with Crippen LogP contribution in [0.15, 0.2) is 71.1 Å². The summed E-state index contributed by atoms with van der Waals surface area (Å²) in [5, 5.41) is 18.4. The predicted molar refractivity (Wildman–Crippen MR) is 185 cm³/mol. The molecular formula is C37H58FNO4. The number of phenolic OH excluding ortho intramolecular Hbond substituents is 2. The van der Waals surface area contributed by atoms with Gasteiger partial charge in [-0.2, -0.15) is 0 Å². The summed E-state index contributed by atoms with van der Waals surface area (Å²) in [5.74, 6) is 0.744. The molecule has 0 aromatic heterocycles. The minimum Gasteiger partial charge on any atom is -0.504 e. The van der Waals surface area contributed by atoms with Gasteiger partial charge in [0.1, 0.15) is 11.5 Å². The van der Waals surface area contributed by atoms with Crippen LogP contribution in [0.2, 0.25) is 0 Å². The number of halogens is 1. The highest BCUT2D eigenvalue weighted by molar-refractivity contribution is 6.05. The number of phenols is 2. The third kappa shape index (κ3) is 17.8. The van der Waals surface area contributed by atoms with Gasteiger partial charge in [-0.3, -0.25) is 4.79 Å². The first-order chi connectivity index (χ1) is 20.4. The van der Waals surface area contributed by atoms with Crippen molar-refractivity contribution in [1.29, 1.82) is 0 Å². The molecule has 0 amide bonds. The van der Waals surface area contributed by atoms with Gasteiger partial charge in [0, 0.05) is 12.6 Å². The Labute approximate surface area is 261 Å². The van der Waals surface area contributed by atoms with Gasteiger partial charge in [-0.25, -0.2) is 9.38 Å². The summed E-state index contributed by atoms with van der Waals surface area (Å²) in [6, 6.07) is 9.81. The zero-order valence-corrected chi connectivity index (χ0v) is 29.2. The van der Waals surface area contributed by atoms with E-state index in [0.717, 1.165) is 35.3 Å². The maximum Gasteiger partial charge on any atom is 0.178 e. The quantitative estimate of drug-likeness (QED) is 0.0988. The number of rotatable bonds is 9. The van der Waals surface area contributed by atoms with Gasteiger partial charge in [-0.05, 0) is 98.7 Å². The van der Waals surface area contributed by atoms with Gasteiger partial charge in [0.05, 0.1) is 12.9 Å². The van der Waals surface area contributed by atoms with E-state index < -0.39 is 0 Å². The van der Waals surface area contributed by atoms with Crippen molar-refractivity contribution in [2.24, 2.45) is 4.99 Å². The van der Waals surface area contributed by atoms with Crippen molar-refractivity contribution in [1.82, 2.24) is 0 Å². The summed E-state index contributed by atoms with van der Waals surface area (Å²) >= 11 is 0. The molecule has 2 N–H and O–H groups in total. The van der Waals surface area contributed by atoms with Crippen LogP contribution in [-0.4, -0.2) is 28.8 Å². The molecule has 6 heteroatoms. The zero-order chi connectivity index (χ0) is 34.1. The van der Waals surface area contributed by atoms with Gasteiger partial charge in [-0.15, -0.1) is 0 Å². The summed E-state index contributed by atoms with van der Waals surface area (Å²) in [6.45, 7) is 24.9. The molecule has 0 bridgehead atoms. The van der Waals surface area contributed by atoms with E-state index in [-0.39, 0.29) is 23.1 Å². The van der Waals surface area contributed by atoms with E-state index in [1.165, 1.54) is 19.1 Å². The molecule has 0 aliphatic heterocycles. The number of hydrogen-bond acceptors (Lipinski definition) is 5. The molecule has 0 radical (unpaired) electrons. The van der Waals surface area contributed by atoms with Gasteiger partial charge in [0.15, 0.2) is 17.3 Å². The predicted octanol–water partition coefficient (Wildman–Crippen LogP) is 11.1. The number of methoxy groups -OCH3 is 1. The second kappa shape index (κ2) is 26.0. The number of nitrogens with zero attached hydrogens (tertiary/aromatic N) is 1. The zero-order valence-electron chi connectivity index (χ0n) is 29.2. The number of ketones is 1. The van der Waals surface area contributed by atoms with Crippen LogP contribution >= 0.6 is 0 Å². The molecule has 1 atom stereocenters. The molecule has 0 saturated heterocycles. The number of carbonyl (C=O) groups is 1. The highest BCUT2D eigenvalue weighted by Crippen LogP contribution is 2.30. The normalized spacial score (nSPS) is 12.1. The van der Waals surface area contributed by atoms with Gasteiger partial charge < -0.3 is 14.9 Å². The first-order valence-electron chi connectivity index (χ1n) is 15.4. The Morgan fingerprint density at radius 1 is 0.953 bits per heavy atom. The highest BCUT2D eigenvalue weighted by atomic mass is 19.1. The number of hydrogen-bond donors (Lipinski definition) is 2. The van der Waals surface area contributed by atoms with Crippen LogP contribution in [0.25, 0.3) is 5.57 Å². The highest BCUT2D eigenvalue weighted by Gasteiger charge is 2.11. The molecule has 2 aromatic carbocycles. The van der Waals surface area contributed by atoms with E-state index in [4.69, 9.17) is 9.84 Å². The van der Waals surface area contributed by atoms with Crippen LogP contribution in [0.4, 0.5) is 4.39 Å². The van der Waals surface area contributed by atoms with Crippen LogP contribution in [0, 0.1) is 12.7 Å². The number of ether oxygens (including phenoxy) is 1. The largest absolute Gasteiger partial charge is 0.504 e. The Morgan fingerprint density at radius 2 is 1.53 bits per heavy atom. The van der Waals surface area contributed by atoms with Crippen molar-refractivity contribution in [3.63, 3.8) is 0 Å². The smallest absolute Gasteiger partial charge is 0.178 e. The lowest BCUT2D eigenvalue weighted by Crippen LogP contribution is -2.01. The van der Waals surface area contributed by atoms with E-state index in [2.05, 4.69) is 18.8 Å². The molecular weight excluding hydrogens is 541 g/mol. The number of carbonyl (C=O) groups excluding carboxylic acids is 1. The minimum atomic E-state index is -0.265. The number of aryl methyl sites for hydroxylation is 1. The van der Waals surface area contributed by atoms with Crippen LogP contribution < -0.4 is 0 Å². The summed E-state index contributed by atoms with van der Waals surface area (Å²) in [5.41, 5.74) is 4.19. The second-order valence-electron chi connectivity index (χ2n) is 9.03. The minimum absolute atomic E-state index is 0.0274. The van der Waals surface area contributed by atoms with Crippen LogP contribution in [0.3, 0.4) is 0 Å². The third-order valence-corrected chi connectivity index (χ3v) is 5.85.